The summed E-state index contributed by atoms with van der Waals surface area (Å²) in [6.45, 7) is 2.98. The molecule has 1 aliphatic heterocycles. The first-order valence-corrected chi connectivity index (χ1v) is 11.1. The molecule has 172 valence electrons. The van der Waals surface area contributed by atoms with E-state index in [0.717, 1.165) is 12.0 Å². The van der Waals surface area contributed by atoms with E-state index >= 15 is 0 Å². The molecule has 3 rings (SSSR count). The minimum Gasteiger partial charge on any atom is -0.466 e. The second-order valence-electron chi connectivity index (χ2n) is 7.81. The van der Waals surface area contributed by atoms with E-state index in [9.17, 15) is 14.4 Å². The molecule has 0 N–H and O–H groups in total. The number of piperidine rings is 1. The molecular formula is C23H28ClN3O5. The zero-order chi connectivity index (χ0) is 23.1. The molecule has 1 unspecified atom stereocenters. The second kappa shape index (κ2) is 11.1. The summed E-state index contributed by atoms with van der Waals surface area (Å²) in [5, 5.41) is 0.637. The van der Waals surface area contributed by atoms with Gasteiger partial charge in [0.05, 0.1) is 25.3 Å². The number of aromatic nitrogens is 1. The van der Waals surface area contributed by atoms with E-state index < -0.39 is 0 Å². The first-order chi connectivity index (χ1) is 15.4. The fourth-order valence-electron chi connectivity index (χ4n) is 3.63. The topological polar surface area (TPSA) is 93.0 Å². The minimum absolute atomic E-state index is 0.0318. The molecule has 0 radical (unpaired) electrons. The van der Waals surface area contributed by atoms with Crippen molar-refractivity contribution in [2.24, 2.45) is 5.92 Å². The third-order valence-electron chi connectivity index (χ3n) is 5.43. The van der Waals surface area contributed by atoms with Crippen molar-refractivity contribution < 1.29 is 23.5 Å². The largest absolute Gasteiger partial charge is 0.466 e. The molecular weight excluding hydrogens is 434 g/mol. The monoisotopic (exact) mass is 461 g/mol. The molecule has 1 atom stereocenters. The molecule has 2 aromatic rings. The number of ether oxygens (including phenoxy) is 1. The maximum absolute atomic E-state index is 12.6. The number of benzene rings is 1. The van der Waals surface area contributed by atoms with Gasteiger partial charge >= 0.3 is 5.97 Å². The number of hydrogen-bond donors (Lipinski definition) is 0. The fraction of sp³-hybridized carbons (Fsp3) is 0.478. The predicted octanol–water partition coefficient (Wildman–Crippen LogP) is 3.19. The van der Waals surface area contributed by atoms with Gasteiger partial charge in [-0.3, -0.25) is 14.4 Å². The number of hydrogen-bond acceptors (Lipinski definition) is 6. The van der Waals surface area contributed by atoms with Crippen molar-refractivity contribution >= 4 is 29.4 Å². The molecule has 9 heteroatoms. The number of esters is 1. The quantitative estimate of drug-likeness (QED) is 0.560. The van der Waals surface area contributed by atoms with Gasteiger partial charge in [0.1, 0.15) is 0 Å². The second-order valence-corrected chi connectivity index (χ2v) is 8.24. The van der Waals surface area contributed by atoms with E-state index in [2.05, 4.69) is 4.98 Å². The van der Waals surface area contributed by atoms with Crippen molar-refractivity contribution in [2.45, 2.75) is 32.6 Å². The van der Waals surface area contributed by atoms with Crippen LogP contribution in [0.25, 0.3) is 11.3 Å². The van der Waals surface area contributed by atoms with Gasteiger partial charge in [0.2, 0.25) is 11.8 Å². The van der Waals surface area contributed by atoms with Gasteiger partial charge in [-0.1, -0.05) is 11.6 Å². The van der Waals surface area contributed by atoms with Crippen LogP contribution in [0.4, 0.5) is 0 Å². The maximum Gasteiger partial charge on any atom is 0.310 e. The Morgan fingerprint density at radius 3 is 2.75 bits per heavy atom. The summed E-state index contributed by atoms with van der Waals surface area (Å²) in [7, 11) is 1.60. The van der Waals surface area contributed by atoms with Crippen molar-refractivity contribution in [3.05, 3.63) is 41.4 Å². The number of rotatable bonds is 8. The van der Waals surface area contributed by atoms with Gasteiger partial charge in [0.15, 0.2) is 11.7 Å². The summed E-state index contributed by atoms with van der Waals surface area (Å²) in [5.41, 5.74) is 0.852. The van der Waals surface area contributed by atoms with Crippen molar-refractivity contribution in [3.63, 3.8) is 0 Å². The van der Waals surface area contributed by atoms with E-state index in [0.29, 0.717) is 49.2 Å². The zero-order valence-corrected chi connectivity index (χ0v) is 19.1. The van der Waals surface area contributed by atoms with Gasteiger partial charge in [-0.2, -0.15) is 0 Å². The lowest BCUT2D eigenvalue weighted by Crippen LogP contribution is -2.47. The molecule has 1 aromatic heterocycles. The van der Waals surface area contributed by atoms with Crippen LogP contribution in [0.5, 0.6) is 0 Å². The summed E-state index contributed by atoms with van der Waals surface area (Å²) in [5.74, 6) is 0.150. The number of aryl methyl sites for hydroxylation is 1. The third-order valence-corrected chi connectivity index (χ3v) is 5.68. The van der Waals surface area contributed by atoms with Gasteiger partial charge < -0.3 is 19.0 Å². The number of carbonyl (C=O) groups is 3. The Labute approximate surface area is 192 Å². The lowest BCUT2D eigenvalue weighted by atomic mass is 9.98. The highest BCUT2D eigenvalue weighted by Gasteiger charge is 2.30. The number of likely N-dealkylation sites (N-methyl/N-ethyl adjacent to an activating group) is 1. The highest BCUT2D eigenvalue weighted by atomic mass is 35.5. The van der Waals surface area contributed by atoms with Crippen LogP contribution < -0.4 is 0 Å². The van der Waals surface area contributed by atoms with Crippen molar-refractivity contribution in [1.29, 1.82) is 0 Å². The first-order valence-electron chi connectivity index (χ1n) is 10.8. The van der Waals surface area contributed by atoms with Gasteiger partial charge in [-0.05, 0) is 44.0 Å². The van der Waals surface area contributed by atoms with Crippen LogP contribution in [0, 0.1) is 5.92 Å². The van der Waals surface area contributed by atoms with Crippen LogP contribution in [-0.2, 0) is 25.5 Å². The highest BCUT2D eigenvalue weighted by molar-refractivity contribution is 6.30. The van der Waals surface area contributed by atoms with Gasteiger partial charge in [-0.15, -0.1) is 0 Å². The van der Waals surface area contributed by atoms with Gasteiger partial charge in [0, 0.05) is 43.6 Å². The van der Waals surface area contributed by atoms with Crippen LogP contribution in [-0.4, -0.2) is 65.9 Å². The number of halogens is 1. The van der Waals surface area contributed by atoms with Crippen LogP contribution >= 0.6 is 11.6 Å². The smallest absolute Gasteiger partial charge is 0.310 e. The Bertz CT molecular complexity index is 943. The van der Waals surface area contributed by atoms with Crippen LogP contribution in [0.15, 0.2) is 34.9 Å². The van der Waals surface area contributed by atoms with E-state index in [1.165, 1.54) is 4.90 Å². The Morgan fingerprint density at radius 1 is 1.28 bits per heavy atom. The molecule has 0 aliphatic carbocycles. The van der Waals surface area contributed by atoms with Gasteiger partial charge in [-0.25, -0.2) is 4.98 Å². The molecule has 1 aromatic carbocycles. The van der Waals surface area contributed by atoms with Crippen molar-refractivity contribution in [3.8, 4) is 11.3 Å². The number of nitrogens with zero attached hydrogens (tertiary/aromatic N) is 3. The Balaban J connectivity index is 1.47. The average molecular weight is 462 g/mol. The first kappa shape index (κ1) is 23.8. The maximum atomic E-state index is 12.6. The summed E-state index contributed by atoms with van der Waals surface area (Å²) in [4.78, 5) is 44.4. The normalized spacial score (nSPS) is 16.0. The van der Waals surface area contributed by atoms with Crippen LogP contribution in [0.3, 0.4) is 0 Å². The molecule has 2 heterocycles. The van der Waals surface area contributed by atoms with E-state index in [1.807, 2.05) is 12.1 Å². The minimum atomic E-state index is -0.298. The molecule has 1 saturated heterocycles. The fourth-order valence-corrected chi connectivity index (χ4v) is 3.75. The molecule has 2 amide bonds. The summed E-state index contributed by atoms with van der Waals surface area (Å²) >= 11 is 5.90. The van der Waals surface area contributed by atoms with E-state index in [4.69, 9.17) is 20.8 Å². The lowest BCUT2D eigenvalue weighted by Gasteiger charge is -2.32. The van der Waals surface area contributed by atoms with Crippen molar-refractivity contribution in [2.75, 3.05) is 33.3 Å². The Hall–Kier alpha value is -2.87. The Morgan fingerprint density at radius 2 is 2.03 bits per heavy atom. The standard InChI is InChI=1S/C23H28ClN3O5/c1-3-31-23(30)17-5-4-12-27(14-17)22(29)15-26(2)21(28)11-10-20-25-13-19(32-20)16-6-8-18(24)9-7-16/h6-9,13,17H,3-5,10-12,14-15H2,1-2H3. The summed E-state index contributed by atoms with van der Waals surface area (Å²) in [6.07, 6.45) is 3.58. The van der Waals surface area contributed by atoms with Gasteiger partial charge in [0.25, 0.3) is 0 Å². The van der Waals surface area contributed by atoms with E-state index in [1.54, 1.807) is 37.2 Å². The summed E-state index contributed by atoms with van der Waals surface area (Å²) < 4.78 is 10.8. The number of amides is 2. The van der Waals surface area contributed by atoms with E-state index in [-0.39, 0.29) is 36.7 Å². The SMILES string of the molecule is CCOC(=O)C1CCCN(C(=O)CN(C)C(=O)CCc2ncc(-c3ccc(Cl)cc3)o2)C1. The zero-order valence-electron chi connectivity index (χ0n) is 18.4. The highest BCUT2D eigenvalue weighted by Crippen LogP contribution is 2.23. The molecule has 0 saturated carbocycles. The summed E-state index contributed by atoms with van der Waals surface area (Å²) in [6, 6.07) is 7.21. The molecule has 0 spiro atoms. The average Bonchev–Trinajstić information content (AvgIpc) is 3.27. The Kier molecular flexibility index (Phi) is 8.27. The third kappa shape index (κ3) is 6.32. The molecule has 32 heavy (non-hydrogen) atoms. The predicted molar refractivity (Wildman–Crippen MR) is 119 cm³/mol. The number of carbonyl (C=O) groups excluding carboxylic acids is 3. The molecule has 1 fully saturated rings. The van der Waals surface area contributed by atoms with Crippen molar-refractivity contribution in [1.82, 2.24) is 14.8 Å². The number of likely N-dealkylation sites (tertiary alicyclic amines) is 1. The number of oxazole rings is 1. The van der Waals surface area contributed by atoms with Crippen LogP contribution in [0.2, 0.25) is 5.02 Å². The molecule has 8 nitrogen and oxygen atoms in total. The lowest BCUT2D eigenvalue weighted by molar-refractivity contribution is -0.152. The molecule has 1 aliphatic rings. The van der Waals surface area contributed by atoms with Crippen LogP contribution in [0.1, 0.15) is 32.1 Å². The molecule has 0 bridgehead atoms.